The van der Waals surface area contributed by atoms with Gasteiger partial charge >= 0.3 is 0 Å². The van der Waals surface area contributed by atoms with Crippen molar-refractivity contribution in [3.63, 3.8) is 0 Å². The van der Waals surface area contributed by atoms with E-state index in [1.807, 2.05) is 24.3 Å². The average Bonchev–Trinajstić information content (AvgIpc) is 2.28. The summed E-state index contributed by atoms with van der Waals surface area (Å²) in [6, 6.07) is 7.93. The molecule has 1 heterocycles. The van der Waals surface area contributed by atoms with Gasteiger partial charge in [-0.3, -0.25) is 0 Å². The minimum atomic E-state index is 0.184. The predicted molar refractivity (Wildman–Crippen MR) is 61.7 cm³/mol. The van der Waals surface area contributed by atoms with Gasteiger partial charge in [-0.2, -0.15) is 0 Å². The largest absolute Gasteiger partial charge is 0.497 e. The summed E-state index contributed by atoms with van der Waals surface area (Å²) >= 11 is 0. The van der Waals surface area contributed by atoms with Gasteiger partial charge in [-0.05, 0) is 24.1 Å². The van der Waals surface area contributed by atoms with E-state index in [1.165, 1.54) is 0 Å². The molecular weight excluding hydrogens is 204 g/mol. The highest BCUT2D eigenvalue weighted by atomic mass is 16.5. The third-order valence-electron chi connectivity index (χ3n) is 3.11. The number of benzene rings is 1. The first kappa shape index (κ1) is 11.4. The Bertz CT molecular complexity index is 334. The molecule has 1 saturated heterocycles. The lowest BCUT2D eigenvalue weighted by Gasteiger charge is -2.29. The van der Waals surface area contributed by atoms with Crippen LogP contribution in [-0.2, 0) is 4.74 Å². The summed E-state index contributed by atoms with van der Waals surface area (Å²) in [7, 11) is 1.66. The van der Waals surface area contributed by atoms with Crippen molar-refractivity contribution in [1.82, 2.24) is 0 Å². The van der Waals surface area contributed by atoms with Crippen molar-refractivity contribution in [2.75, 3.05) is 26.9 Å². The van der Waals surface area contributed by atoms with E-state index in [-0.39, 0.29) is 12.5 Å². The summed E-state index contributed by atoms with van der Waals surface area (Å²) in [5.74, 6) is 1.65. The first-order chi connectivity index (χ1) is 7.83. The smallest absolute Gasteiger partial charge is 0.119 e. The van der Waals surface area contributed by atoms with E-state index in [9.17, 15) is 5.11 Å². The zero-order chi connectivity index (χ0) is 11.4. The van der Waals surface area contributed by atoms with Crippen molar-refractivity contribution in [2.24, 2.45) is 5.92 Å². The first-order valence-electron chi connectivity index (χ1n) is 5.66. The summed E-state index contributed by atoms with van der Waals surface area (Å²) in [6.07, 6.45) is 0.990. The lowest BCUT2D eigenvalue weighted by atomic mass is 9.88. The third-order valence-corrected chi connectivity index (χ3v) is 3.11. The van der Waals surface area contributed by atoms with Crippen LogP contribution in [0.4, 0.5) is 0 Å². The van der Waals surface area contributed by atoms with Crippen LogP contribution in [0.1, 0.15) is 17.9 Å². The van der Waals surface area contributed by atoms with Crippen molar-refractivity contribution in [1.29, 1.82) is 0 Å². The van der Waals surface area contributed by atoms with Gasteiger partial charge in [-0.1, -0.05) is 12.1 Å². The quantitative estimate of drug-likeness (QED) is 0.825. The molecule has 1 aliphatic rings. The van der Waals surface area contributed by atoms with E-state index in [0.29, 0.717) is 5.92 Å². The number of hydrogen-bond acceptors (Lipinski definition) is 3. The van der Waals surface area contributed by atoms with E-state index in [2.05, 4.69) is 0 Å². The number of ether oxygens (including phenoxy) is 2. The fourth-order valence-electron chi connectivity index (χ4n) is 2.03. The van der Waals surface area contributed by atoms with Gasteiger partial charge < -0.3 is 14.6 Å². The Morgan fingerprint density at radius 3 is 2.88 bits per heavy atom. The van der Waals surface area contributed by atoms with Gasteiger partial charge in [0.15, 0.2) is 0 Å². The van der Waals surface area contributed by atoms with Gasteiger partial charge in [-0.15, -0.1) is 0 Å². The summed E-state index contributed by atoms with van der Waals surface area (Å²) in [6.45, 7) is 1.85. The lowest BCUT2D eigenvalue weighted by molar-refractivity contribution is -0.0405. The van der Waals surface area contributed by atoms with Crippen LogP contribution in [0.5, 0.6) is 5.75 Å². The molecule has 1 N–H and O–H groups in total. The Kier molecular flexibility index (Phi) is 3.80. The fraction of sp³-hybridized carbons (Fsp3) is 0.538. The minimum absolute atomic E-state index is 0.184. The van der Waals surface area contributed by atoms with Gasteiger partial charge in [0.25, 0.3) is 0 Å². The van der Waals surface area contributed by atoms with E-state index in [4.69, 9.17) is 9.47 Å². The molecule has 2 rings (SSSR count). The highest BCUT2D eigenvalue weighted by Crippen LogP contribution is 2.29. The minimum Gasteiger partial charge on any atom is -0.497 e. The second-order valence-corrected chi connectivity index (χ2v) is 4.30. The van der Waals surface area contributed by atoms with Gasteiger partial charge in [0.2, 0.25) is 0 Å². The van der Waals surface area contributed by atoms with Crippen LogP contribution < -0.4 is 4.74 Å². The molecule has 0 saturated carbocycles. The van der Waals surface area contributed by atoms with Crippen molar-refractivity contribution in [2.45, 2.75) is 12.3 Å². The molecule has 1 aromatic rings. The monoisotopic (exact) mass is 222 g/mol. The highest BCUT2D eigenvalue weighted by Gasteiger charge is 2.23. The van der Waals surface area contributed by atoms with Gasteiger partial charge in [0.1, 0.15) is 5.75 Å². The average molecular weight is 222 g/mol. The Balaban J connectivity index is 2.05. The first-order valence-corrected chi connectivity index (χ1v) is 5.66. The summed E-state index contributed by atoms with van der Waals surface area (Å²) < 4.78 is 10.3. The van der Waals surface area contributed by atoms with Crippen LogP contribution in [0, 0.1) is 5.92 Å². The van der Waals surface area contributed by atoms with Gasteiger partial charge in [-0.25, -0.2) is 0 Å². The number of rotatable bonds is 5. The molecule has 0 aromatic heterocycles. The van der Waals surface area contributed by atoms with Gasteiger partial charge in [0, 0.05) is 18.4 Å². The van der Waals surface area contributed by atoms with E-state index < -0.39 is 0 Å². The van der Waals surface area contributed by atoms with E-state index >= 15 is 0 Å². The Morgan fingerprint density at radius 1 is 1.50 bits per heavy atom. The molecule has 88 valence electrons. The lowest BCUT2D eigenvalue weighted by Crippen LogP contribution is -2.29. The molecule has 1 fully saturated rings. The molecule has 1 aliphatic heterocycles. The van der Waals surface area contributed by atoms with Crippen LogP contribution in [0.3, 0.4) is 0 Å². The van der Waals surface area contributed by atoms with Crippen LogP contribution in [0.2, 0.25) is 0 Å². The van der Waals surface area contributed by atoms with Crippen LogP contribution in [-0.4, -0.2) is 32.0 Å². The maximum absolute atomic E-state index is 9.43. The molecular formula is C13H18O3. The normalized spacial score (nSPS) is 17.9. The number of aliphatic hydroxyl groups excluding tert-OH is 1. The van der Waals surface area contributed by atoms with Crippen molar-refractivity contribution < 1.29 is 14.6 Å². The molecule has 3 heteroatoms. The Morgan fingerprint density at radius 2 is 2.31 bits per heavy atom. The maximum atomic E-state index is 9.43. The SMILES string of the molecule is COc1cccc(C(CO)CC2COC2)c1. The summed E-state index contributed by atoms with van der Waals surface area (Å²) in [5, 5.41) is 9.43. The zero-order valence-corrected chi connectivity index (χ0v) is 9.56. The second kappa shape index (κ2) is 5.32. The fourth-order valence-corrected chi connectivity index (χ4v) is 2.03. The standard InChI is InChI=1S/C13H18O3/c1-15-13-4-2-3-11(6-13)12(7-14)5-10-8-16-9-10/h2-4,6,10,12,14H,5,7-9H2,1H3. The molecule has 1 aromatic carbocycles. The van der Waals surface area contributed by atoms with Crippen LogP contribution in [0.15, 0.2) is 24.3 Å². The highest BCUT2D eigenvalue weighted by molar-refractivity contribution is 5.31. The second-order valence-electron chi connectivity index (χ2n) is 4.30. The predicted octanol–water partition coefficient (Wildman–Crippen LogP) is 1.81. The van der Waals surface area contributed by atoms with Crippen molar-refractivity contribution in [3.05, 3.63) is 29.8 Å². The molecule has 0 amide bonds. The molecule has 0 spiro atoms. The molecule has 16 heavy (non-hydrogen) atoms. The van der Waals surface area contributed by atoms with Crippen molar-refractivity contribution in [3.8, 4) is 5.75 Å². The van der Waals surface area contributed by atoms with Gasteiger partial charge in [0.05, 0.1) is 20.3 Å². The van der Waals surface area contributed by atoms with E-state index in [0.717, 1.165) is 30.9 Å². The zero-order valence-electron chi connectivity index (χ0n) is 9.56. The summed E-state index contributed by atoms with van der Waals surface area (Å²) in [5.41, 5.74) is 1.15. The molecule has 0 radical (unpaired) electrons. The maximum Gasteiger partial charge on any atom is 0.119 e. The van der Waals surface area contributed by atoms with Crippen LogP contribution >= 0.6 is 0 Å². The third kappa shape index (κ3) is 2.54. The Hall–Kier alpha value is -1.06. The number of hydrogen-bond donors (Lipinski definition) is 1. The van der Waals surface area contributed by atoms with Crippen LogP contribution in [0.25, 0.3) is 0 Å². The molecule has 1 unspecified atom stereocenters. The molecule has 1 atom stereocenters. The Labute approximate surface area is 96.0 Å². The summed E-state index contributed by atoms with van der Waals surface area (Å²) in [4.78, 5) is 0. The molecule has 0 bridgehead atoms. The van der Waals surface area contributed by atoms with E-state index in [1.54, 1.807) is 7.11 Å². The number of aliphatic hydroxyl groups is 1. The number of methoxy groups -OCH3 is 1. The molecule has 0 aliphatic carbocycles. The topological polar surface area (TPSA) is 38.7 Å². The molecule has 3 nitrogen and oxygen atoms in total. The van der Waals surface area contributed by atoms with Crippen molar-refractivity contribution >= 4 is 0 Å².